The molecule has 2 amide bonds. The summed E-state index contributed by atoms with van der Waals surface area (Å²) in [5.74, 6) is -0.909. The van der Waals surface area contributed by atoms with Gasteiger partial charge in [0, 0.05) is 25.2 Å². The van der Waals surface area contributed by atoms with Gasteiger partial charge in [0.25, 0.3) is 0 Å². The Labute approximate surface area is 151 Å². The molecule has 4 N–H and O–H groups in total. The molecule has 0 saturated heterocycles. The maximum Gasteiger partial charge on any atom is 0.315 e. The van der Waals surface area contributed by atoms with Gasteiger partial charge in [-0.3, -0.25) is 4.79 Å². The predicted molar refractivity (Wildman–Crippen MR) is 93.4 cm³/mol. The molecule has 2 aromatic rings. The second-order valence-electron chi connectivity index (χ2n) is 5.95. The fraction of sp³-hybridized carbons (Fsp3) is 0.412. The average molecular weight is 361 g/mol. The van der Waals surface area contributed by atoms with Gasteiger partial charge in [0.05, 0.1) is 18.8 Å². The van der Waals surface area contributed by atoms with E-state index in [1.165, 1.54) is 10.9 Å². The number of carbonyl (C=O) groups excluding carboxylic acids is 1. The number of nitrogens with one attached hydrogen (secondary N) is 2. The number of carbonyl (C=O) groups is 2. The third-order valence-electron chi connectivity index (χ3n) is 3.73. The van der Waals surface area contributed by atoms with Crippen LogP contribution in [0.25, 0.3) is 0 Å². The minimum absolute atomic E-state index is 0.0350. The molecule has 140 valence electrons. The first kappa shape index (κ1) is 19.4. The Balaban J connectivity index is 1.81. The smallest absolute Gasteiger partial charge is 0.315 e. The van der Waals surface area contributed by atoms with E-state index in [-0.39, 0.29) is 25.6 Å². The van der Waals surface area contributed by atoms with Gasteiger partial charge in [0.1, 0.15) is 0 Å². The van der Waals surface area contributed by atoms with Crippen LogP contribution >= 0.6 is 0 Å². The number of amides is 2. The molecule has 0 aliphatic heterocycles. The number of nitrogens with zero attached hydrogens (tertiary/aromatic N) is 3. The van der Waals surface area contributed by atoms with E-state index in [1.807, 2.05) is 30.3 Å². The molecule has 1 aromatic carbocycles. The zero-order chi connectivity index (χ0) is 18.8. The number of benzene rings is 1. The van der Waals surface area contributed by atoms with Crippen LogP contribution in [0.5, 0.6) is 0 Å². The number of rotatable bonds is 10. The van der Waals surface area contributed by atoms with Gasteiger partial charge in [-0.1, -0.05) is 35.5 Å². The summed E-state index contributed by atoms with van der Waals surface area (Å²) >= 11 is 0. The molecule has 9 heteroatoms. The van der Waals surface area contributed by atoms with E-state index in [4.69, 9.17) is 5.11 Å². The van der Waals surface area contributed by atoms with Gasteiger partial charge in [-0.05, 0) is 18.4 Å². The molecule has 0 saturated carbocycles. The largest absolute Gasteiger partial charge is 0.481 e. The highest BCUT2D eigenvalue weighted by Crippen LogP contribution is 2.08. The molecule has 26 heavy (non-hydrogen) atoms. The van der Waals surface area contributed by atoms with Gasteiger partial charge in [0.2, 0.25) is 0 Å². The first-order valence-corrected chi connectivity index (χ1v) is 8.35. The van der Waals surface area contributed by atoms with Crippen molar-refractivity contribution in [3.05, 3.63) is 48.3 Å². The minimum atomic E-state index is -0.909. The monoisotopic (exact) mass is 361 g/mol. The fourth-order valence-electron chi connectivity index (χ4n) is 2.48. The first-order chi connectivity index (χ1) is 12.5. The number of carboxylic acid groups (broad SMARTS) is 1. The first-order valence-electron chi connectivity index (χ1n) is 8.35. The Morgan fingerprint density at radius 3 is 2.65 bits per heavy atom. The van der Waals surface area contributed by atoms with Crippen LogP contribution in [-0.4, -0.2) is 55.9 Å². The molecule has 1 aromatic heterocycles. The number of hydrogen-bond donors (Lipinski definition) is 4. The van der Waals surface area contributed by atoms with Crippen molar-refractivity contribution >= 4 is 12.0 Å². The Kier molecular flexibility index (Phi) is 7.56. The normalized spacial score (nSPS) is 13.0. The van der Waals surface area contributed by atoms with E-state index in [0.717, 1.165) is 5.56 Å². The summed E-state index contributed by atoms with van der Waals surface area (Å²) in [6, 6.07) is 8.76. The Hall–Kier alpha value is -2.94. The maximum absolute atomic E-state index is 12.1. The van der Waals surface area contributed by atoms with Gasteiger partial charge in [-0.25, -0.2) is 9.48 Å². The van der Waals surface area contributed by atoms with Gasteiger partial charge in [0.15, 0.2) is 0 Å². The van der Waals surface area contributed by atoms with E-state index in [2.05, 4.69) is 20.9 Å². The summed E-state index contributed by atoms with van der Waals surface area (Å²) in [7, 11) is 0. The summed E-state index contributed by atoms with van der Waals surface area (Å²) in [6.45, 7) is 0.259. The van der Waals surface area contributed by atoms with E-state index in [1.54, 1.807) is 6.20 Å². The van der Waals surface area contributed by atoms with Crippen LogP contribution in [-0.2, 0) is 17.8 Å². The fourth-order valence-corrected chi connectivity index (χ4v) is 2.48. The van der Waals surface area contributed by atoms with Crippen LogP contribution < -0.4 is 10.6 Å². The molecule has 0 fully saturated rings. The van der Waals surface area contributed by atoms with Crippen LogP contribution in [0.3, 0.4) is 0 Å². The molecule has 9 nitrogen and oxygen atoms in total. The quantitative estimate of drug-likeness (QED) is 0.485. The summed E-state index contributed by atoms with van der Waals surface area (Å²) in [6.07, 6.45) is 3.12. The van der Waals surface area contributed by atoms with E-state index in [0.29, 0.717) is 12.8 Å². The van der Waals surface area contributed by atoms with Crippen LogP contribution in [0.4, 0.5) is 4.79 Å². The number of hydrogen-bond acceptors (Lipinski definition) is 5. The maximum atomic E-state index is 12.1. The number of aromatic nitrogens is 3. The van der Waals surface area contributed by atoms with E-state index >= 15 is 0 Å². The number of aliphatic hydroxyl groups excluding tert-OH is 1. The highest BCUT2D eigenvalue weighted by Gasteiger charge is 2.15. The summed E-state index contributed by atoms with van der Waals surface area (Å²) in [5.41, 5.74) is 1.01. The Bertz CT molecular complexity index is 678. The SMILES string of the molecule is O=C(O)CCC(Cc1ccccc1)NC(=O)NCC(O)Cn1ccnn1. The molecule has 1 heterocycles. The third-order valence-corrected chi connectivity index (χ3v) is 3.73. The van der Waals surface area contributed by atoms with Crippen LogP contribution in [0.1, 0.15) is 18.4 Å². The van der Waals surface area contributed by atoms with Gasteiger partial charge in [-0.2, -0.15) is 0 Å². The number of urea groups is 1. The summed E-state index contributed by atoms with van der Waals surface area (Å²) in [5, 5.41) is 31.5. The molecular weight excluding hydrogens is 338 g/mol. The molecule has 0 spiro atoms. The molecular formula is C17H23N5O4. The summed E-state index contributed by atoms with van der Waals surface area (Å²) < 4.78 is 1.47. The molecule has 2 atom stereocenters. The van der Waals surface area contributed by atoms with Crippen molar-refractivity contribution in [3.8, 4) is 0 Å². The highest BCUT2D eigenvalue weighted by atomic mass is 16.4. The Morgan fingerprint density at radius 1 is 1.23 bits per heavy atom. The lowest BCUT2D eigenvalue weighted by atomic mass is 10.0. The molecule has 0 radical (unpaired) electrons. The van der Waals surface area contributed by atoms with Gasteiger partial charge in [-0.15, -0.1) is 5.10 Å². The van der Waals surface area contributed by atoms with Gasteiger partial charge >= 0.3 is 12.0 Å². The van der Waals surface area contributed by atoms with E-state index < -0.39 is 18.1 Å². The lowest BCUT2D eigenvalue weighted by molar-refractivity contribution is -0.137. The number of carboxylic acids is 1. The van der Waals surface area contributed by atoms with Gasteiger partial charge < -0.3 is 20.8 Å². The highest BCUT2D eigenvalue weighted by molar-refractivity contribution is 5.74. The second kappa shape index (κ2) is 10.1. The predicted octanol–water partition coefficient (Wildman–Crippen LogP) is 0.414. The molecule has 0 aliphatic carbocycles. The lowest BCUT2D eigenvalue weighted by Gasteiger charge is -2.19. The van der Waals surface area contributed by atoms with E-state index in [9.17, 15) is 14.7 Å². The molecule has 0 bridgehead atoms. The number of aliphatic hydroxyl groups is 1. The van der Waals surface area contributed by atoms with Crippen molar-refractivity contribution in [2.24, 2.45) is 0 Å². The van der Waals surface area contributed by atoms with Crippen molar-refractivity contribution < 1.29 is 19.8 Å². The van der Waals surface area contributed by atoms with Crippen LogP contribution in [0.15, 0.2) is 42.7 Å². The third kappa shape index (κ3) is 7.31. The Morgan fingerprint density at radius 2 is 2.00 bits per heavy atom. The van der Waals surface area contributed by atoms with Crippen molar-refractivity contribution in [1.82, 2.24) is 25.6 Å². The van der Waals surface area contributed by atoms with Crippen molar-refractivity contribution in [3.63, 3.8) is 0 Å². The van der Waals surface area contributed by atoms with Crippen molar-refractivity contribution in [2.45, 2.75) is 38.0 Å². The topological polar surface area (TPSA) is 129 Å². The molecule has 0 aliphatic rings. The molecule has 2 unspecified atom stereocenters. The average Bonchev–Trinajstić information content (AvgIpc) is 3.12. The summed E-state index contributed by atoms with van der Waals surface area (Å²) in [4.78, 5) is 22.9. The van der Waals surface area contributed by atoms with Crippen molar-refractivity contribution in [2.75, 3.05) is 6.54 Å². The second-order valence-corrected chi connectivity index (χ2v) is 5.95. The van der Waals surface area contributed by atoms with Crippen LogP contribution in [0.2, 0.25) is 0 Å². The minimum Gasteiger partial charge on any atom is -0.481 e. The zero-order valence-electron chi connectivity index (χ0n) is 14.3. The lowest BCUT2D eigenvalue weighted by Crippen LogP contribution is -2.46. The van der Waals surface area contributed by atoms with Crippen LogP contribution in [0, 0.1) is 0 Å². The number of aliphatic carboxylic acids is 1. The zero-order valence-corrected chi connectivity index (χ0v) is 14.3. The van der Waals surface area contributed by atoms with Crippen molar-refractivity contribution in [1.29, 1.82) is 0 Å². The molecule has 2 rings (SSSR count). The standard InChI is InChI=1S/C17H23N5O4/c23-15(12-22-9-8-19-21-22)11-18-17(26)20-14(6-7-16(24)25)10-13-4-2-1-3-5-13/h1-5,8-9,14-15,23H,6-7,10-12H2,(H,24,25)(H2,18,20,26).